The monoisotopic (exact) mass is 178 g/mol. The molecule has 1 rings (SSSR count). The molecule has 0 heterocycles. The molecule has 0 atom stereocenters. The van der Waals surface area contributed by atoms with Gasteiger partial charge in [-0.25, -0.2) is 8.78 Å². The number of hydrogen-bond donors (Lipinski definition) is 0. The molecule has 0 aliphatic heterocycles. The van der Waals surface area contributed by atoms with E-state index >= 15 is 0 Å². The third kappa shape index (κ3) is 1.80. The van der Waals surface area contributed by atoms with Gasteiger partial charge >= 0.3 is 0 Å². The molecule has 0 bridgehead atoms. The summed E-state index contributed by atoms with van der Waals surface area (Å²) in [7, 11) is 0. The standard InChI is InChI=1S/C9H4F2N2/c10-7-1-2-8(9(11)3-7)6(4-12)5-13/h1-3,6H. The van der Waals surface area contributed by atoms with Crippen LogP contribution < -0.4 is 0 Å². The van der Waals surface area contributed by atoms with Crippen LogP contribution in [0.2, 0.25) is 0 Å². The van der Waals surface area contributed by atoms with E-state index in [1.165, 1.54) is 0 Å². The molecule has 4 heteroatoms. The van der Waals surface area contributed by atoms with Gasteiger partial charge in [-0.2, -0.15) is 10.5 Å². The minimum Gasteiger partial charge on any atom is -0.207 e. The molecular weight excluding hydrogens is 174 g/mol. The number of hydrogen-bond acceptors (Lipinski definition) is 2. The van der Waals surface area contributed by atoms with Crippen molar-refractivity contribution in [3.05, 3.63) is 35.4 Å². The third-order valence-electron chi connectivity index (χ3n) is 1.53. The van der Waals surface area contributed by atoms with E-state index in [9.17, 15) is 8.78 Å². The summed E-state index contributed by atoms with van der Waals surface area (Å²) in [5.41, 5.74) is -0.0913. The highest BCUT2D eigenvalue weighted by Crippen LogP contribution is 2.18. The highest BCUT2D eigenvalue weighted by molar-refractivity contribution is 5.32. The second-order valence-electron chi connectivity index (χ2n) is 2.36. The highest BCUT2D eigenvalue weighted by atomic mass is 19.1. The van der Waals surface area contributed by atoms with Gasteiger partial charge in [0.25, 0.3) is 0 Å². The Labute approximate surface area is 73.6 Å². The molecular formula is C9H4F2N2. The van der Waals surface area contributed by atoms with Crippen LogP contribution in [0.5, 0.6) is 0 Å². The van der Waals surface area contributed by atoms with Crippen LogP contribution in [0.25, 0.3) is 0 Å². The second kappa shape index (κ2) is 3.64. The van der Waals surface area contributed by atoms with Crippen molar-refractivity contribution in [2.45, 2.75) is 5.92 Å². The molecule has 0 unspecified atom stereocenters. The normalized spacial score (nSPS) is 9.31. The zero-order valence-corrected chi connectivity index (χ0v) is 6.46. The number of benzene rings is 1. The second-order valence-corrected chi connectivity index (χ2v) is 2.36. The van der Waals surface area contributed by atoms with Gasteiger partial charge in [0.05, 0.1) is 12.1 Å². The molecule has 2 nitrogen and oxygen atoms in total. The predicted molar refractivity (Wildman–Crippen MR) is 40.3 cm³/mol. The maximum absolute atomic E-state index is 12.9. The van der Waals surface area contributed by atoms with Crippen molar-refractivity contribution in [3.8, 4) is 12.1 Å². The minimum atomic E-state index is -1.18. The highest BCUT2D eigenvalue weighted by Gasteiger charge is 2.14. The van der Waals surface area contributed by atoms with Gasteiger partial charge in [0.1, 0.15) is 11.6 Å². The zero-order chi connectivity index (χ0) is 9.84. The largest absolute Gasteiger partial charge is 0.207 e. The topological polar surface area (TPSA) is 47.6 Å². The molecule has 13 heavy (non-hydrogen) atoms. The molecule has 0 saturated heterocycles. The Morgan fingerprint density at radius 1 is 1.15 bits per heavy atom. The average molecular weight is 178 g/mol. The zero-order valence-electron chi connectivity index (χ0n) is 6.46. The maximum atomic E-state index is 12.9. The van der Waals surface area contributed by atoms with Crippen LogP contribution in [-0.4, -0.2) is 0 Å². The van der Waals surface area contributed by atoms with E-state index in [2.05, 4.69) is 0 Å². The van der Waals surface area contributed by atoms with Crippen LogP contribution in [0.4, 0.5) is 8.78 Å². The Bertz CT molecular complexity index is 387. The van der Waals surface area contributed by atoms with Gasteiger partial charge in [0, 0.05) is 11.6 Å². The smallest absolute Gasteiger partial charge is 0.161 e. The van der Waals surface area contributed by atoms with Gasteiger partial charge in [-0.1, -0.05) is 6.07 Å². The fraction of sp³-hybridized carbons (Fsp3) is 0.111. The maximum Gasteiger partial charge on any atom is 0.161 e. The Morgan fingerprint density at radius 2 is 1.77 bits per heavy atom. The Hall–Kier alpha value is -1.94. The summed E-state index contributed by atoms with van der Waals surface area (Å²) in [4.78, 5) is 0. The van der Waals surface area contributed by atoms with E-state index in [-0.39, 0.29) is 5.56 Å². The van der Waals surface area contributed by atoms with Crippen LogP contribution in [-0.2, 0) is 0 Å². The first kappa shape index (κ1) is 9.15. The molecule has 0 saturated carbocycles. The van der Waals surface area contributed by atoms with Crippen molar-refractivity contribution in [2.75, 3.05) is 0 Å². The van der Waals surface area contributed by atoms with Gasteiger partial charge in [-0.3, -0.25) is 0 Å². The Balaban J connectivity index is 3.18. The minimum absolute atomic E-state index is 0.0913. The molecule has 0 fully saturated rings. The molecule has 1 aromatic rings. The van der Waals surface area contributed by atoms with Crippen molar-refractivity contribution in [1.29, 1.82) is 10.5 Å². The first-order chi connectivity index (χ1) is 6.19. The quantitative estimate of drug-likeness (QED) is 0.661. The van der Waals surface area contributed by atoms with E-state index in [1.807, 2.05) is 0 Å². The van der Waals surface area contributed by atoms with E-state index < -0.39 is 17.6 Å². The lowest BCUT2D eigenvalue weighted by Gasteiger charge is -2.01. The third-order valence-corrected chi connectivity index (χ3v) is 1.53. The SMILES string of the molecule is N#CC(C#N)c1ccc(F)cc1F. The number of nitrogens with zero attached hydrogens (tertiary/aromatic N) is 2. The first-order valence-corrected chi connectivity index (χ1v) is 3.43. The number of nitriles is 2. The van der Waals surface area contributed by atoms with Crippen LogP contribution >= 0.6 is 0 Å². The number of halogens is 2. The fourth-order valence-corrected chi connectivity index (χ4v) is 0.904. The van der Waals surface area contributed by atoms with Gasteiger partial charge in [-0.15, -0.1) is 0 Å². The Morgan fingerprint density at radius 3 is 2.23 bits per heavy atom. The Kier molecular flexibility index (Phi) is 2.56. The molecule has 0 aliphatic rings. The summed E-state index contributed by atoms with van der Waals surface area (Å²) in [5, 5.41) is 16.9. The van der Waals surface area contributed by atoms with Gasteiger partial charge in [-0.05, 0) is 6.07 Å². The lowest BCUT2D eigenvalue weighted by atomic mass is 10.0. The summed E-state index contributed by atoms with van der Waals surface area (Å²) in [6.07, 6.45) is 0. The summed E-state index contributed by atoms with van der Waals surface area (Å²) >= 11 is 0. The lowest BCUT2D eigenvalue weighted by molar-refractivity contribution is 0.573. The van der Waals surface area contributed by atoms with Crippen LogP contribution in [0.15, 0.2) is 18.2 Å². The predicted octanol–water partition coefficient (Wildman–Crippen LogP) is 2.10. The molecule has 64 valence electrons. The van der Waals surface area contributed by atoms with E-state index in [4.69, 9.17) is 10.5 Å². The van der Waals surface area contributed by atoms with Crippen molar-refractivity contribution >= 4 is 0 Å². The molecule has 0 aromatic heterocycles. The van der Waals surface area contributed by atoms with Gasteiger partial charge in [0.15, 0.2) is 5.92 Å². The van der Waals surface area contributed by atoms with Crippen molar-refractivity contribution in [1.82, 2.24) is 0 Å². The molecule has 0 aliphatic carbocycles. The van der Waals surface area contributed by atoms with Crippen LogP contribution in [0.1, 0.15) is 11.5 Å². The van der Waals surface area contributed by atoms with Crippen LogP contribution in [0.3, 0.4) is 0 Å². The molecule has 0 radical (unpaired) electrons. The van der Waals surface area contributed by atoms with E-state index in [0.717, 1.165) is 12.1 Å². The van der Waals surface area contributed by atoms with Crippen molar-refractivity contribution in [2.24, 2.45) is 0 Å². The summed E-state index contributed by atoms with van der Waals surface area (Å²) in [5.74, 6) is -2.77. The van der Waals surface area contributed by atoms with Crippen molar-refractivity contribution < 1.29 is 8.78 Å². The van der Waals surface area contributed by atoms with Crippen molar-refractivity contribution in [3.63, 3.8) is 0 Å². The van der Waals surface area contributed by atoms with Gasteiger partial charge in [0.2, 0.25) is 0 Å². The summed E-state index contributed by atoms with van der Waals surface area (Å²) in [6.45, 7) is 0. The lowest BCUT2D eigenvalue weighted by Crippen LogP contribution is -1.96. The first-order valence-electron chi connectivity index (χ1n) is 3.43. The van der Waals surface area contributed by atoms with Crippen LogP contribution in [0, 0.1) is 34.3 Å². The molecule has 1 aromatic carbocycles. The van der Waals surface area contributed by atoms with E-state index in [1.54, 1.807) is 12.1 Å². The summed E-state index contributed by atoms with van der Waals surface area (Å²) < 4.78 is 25.3. The molecule has 0 N–H and O–H groups in total. The average Bonchev–Trinajstić information content (AvgIpc) is 2.10. The molecule has 0 amide bonds. The molecule has 0 spiro atoms. The number of rotatable bonds is 1. The fourth-order valence-electron chi connectivity index (χ4n) is 0.904. The summed E-state index contributed by atoms with van der Waals surface area (Å²) in [6, 6.07) is 5.97. The van der Waals surface area contributed by atoms with Gasteiger partial charge < -0.3 is 0 Å². The van der Waals surface area contributed by atoms with E-state index in [0.29, 0.717) is 6.07 Å².